The molecule has 0 saturated carbocycles. The van der Waals surface area contributed by atoms with Crippen molar-refractivity contribution in [3.05, 3.63) is 16.9 Å². The van der Waals surface area contributed by atoms with Crippen molar-refractivity contribution in [2.24, 2.45) is 5.89 Å². The van der Waals surface area contributed by atoms with Gasteiger partial charge in [-0.15, -0.1) is 0 Å². The van der Waals surface area contributed by atoms with E-state index < -0.39 is 60.7 Å². The molecule has 1 fully saturated rings. The highest BCUT2D eigenvalue weighted by molar-refractivity contribution is 5.80. The van der Waals surface area contributed by atoms with Gasteiger partial charge in [0.2, 0.25) is 0 Å². The fourth-order valence-electron chi connectivity index (χ4n) is 2.99. The number of rotatable bonds is 5. The molecule has 0 aromatic rings. The average Bonchev–Trinajstić information content (AvgIpc) is 3.05. The molecule has 0 spiro atoms. The highest BCUT2D eigenvalue weighted by Crippen LogP contribution is 2.36. The first-order valence-electron chi connectivity index (χ1n) is 10.5. The number of carbonyl (C=O) groups is 1. The summed E-state index contributed by atoms with van der Waals surface area (Å²) < 4.78 is 56.9. The Labute approximate surface area is 139 Å². The Kier molecular flexibility index (Phi) is 2.68. The number of ether oxygens (including phenoxy) is 1. The molecule has 1 unspecified atom stereocenters. The zero-order valence-corrected chi connectivity index (χ0v) is 12.2. The van der Waals surface area contributed by atoms with Gasteiger partial charge in [-0.2, -0.15) is 0 Å². The summed E-state index contributed by atoms with van der Waals surface area (Å²) in [5, 5.41) is 43.3. The molecule has 2 aliphatic rings. The van der Waals surface area contributed by atoms with Crippen LogP contribution in [0.25, 0.3) is 0 Å². The van der Waals surface area contributed by atoms with Crippen LogP contribution >= 0.6 is 0 Å². The molecule has 7 nitrogen and oxygen atoms in total. The van der Waals surface area contributed by atoms with E-state index >= 15 is 0 Å². The maximum Gasteiger partial charge on any atom is 0.341 e. The molecule has 0 amide bonds. The topological polar surface area (TPSA) is 110 Å². The third-order valence-corrected chi connectivity index (χ3v) is 4.38. The third-order valence-electron chi connectivity index (χ3n) is 4.38. The molecule has 2 aliphatic heterocycles. The number of fused-ring (bicyclic) bond motifs is 1. The molecule has 1 saturated heterocycles. The van der Waals surface area contributed by atoms with Crippen molar-refractivity contribution in [2.75, 3.05) is 19.7 Å². The van der Waals surface area contributed by atoms with E-state index in [1.165, 1.54) is 6.08 Å². The van der Waals surface area contributed by atoms with Gasteiger partial charge in [-0.05, 0) is 18.9 Å². The van der Waals surface area contributed by atoms with Gasteiger partial charge >= 0.3 is 5.97 Å². The molecule has 126 valence electrons. The maximum absolute atomic E-state index is 12.6. The van der Waals surface area contributed by atoms with Gasteiger partial charge in [0.1, 0.15) is 18.8 Å². The highest BCUT2D eigenvalue weighted by atomic mass is 16.6. The lowest BCUT2D eigenvalue weighted by atomic mass is 9.85. The van der Waals surface area contributed by atoms with E-state index in [1.54, 1.807) is 0 Å². The van der Waals surface area contributed by atoms with E-state index in [9.17, 15) is 25.3 Å². The Bertz CT molecular complexity index is 680. The van der Waals surface area contributed by atoms with Gasteiger partial charge < -0.3 is 29.9 Å². The van der Waals surface area contributed by atoms with Gasteiger partial charge in [-0.3, -0.25) is 0 Å². The number of hydrogen-bond acceptors (Lipinski definition) is 6. The predicted molar refractivity (Wildman–Crippen MR) is 78.3 cm³/mol. The lowest BCUT2D eigenvalue weighted by molar-refractivity contribution is -0.877. The first-order valence-corrected chi connectivity index (χ1v) is 6.96. The average molecular weight is 322 g/mol. The molecule has 0 aromatic carbocycles. The summed E-state index contributed by atoms with van der Waals surface area (Å²) in [7, 11) is 0. The van der Waals surface area contributed by atoms with Crippen molar-refractivity contribution < 1.29 is 39.1 Å². The Morgan fingerprint density at radius 2 is 2.41 bits per heavy atom. The molecule has 5 atom stereocenters. The minimum absolute atomic E-state index is 0.0300. The number of nitrogens with zero attached hydrogens (tertiary/aromatic N) is 1. The predicted octanol–water partition coefficient (Wildman–Crippen LogP) is -0.315. The van der Waals surface area contributed by atoms with Crippen LogP contribution in [0.15, 0.2) is 11.6 Å². The van der Waals surface area contributed by atoms with Crippen LogP contribution in [0.4, 0.5) is 0 Å². The van der Waals surface area contributed by atoms with Crippen LogP contribution in [-0.4, -0.2) is 69.5 Å². The standard InChI is InChI=1S/C15H25NO6/c1-9(2)15(20,10(3)17)14(19)22-8-11-4-6-16(21)7-5-12(18)13(11)16/h4,9-10,12-13,17-18,20H,5-8H2,1-3H3/t10-,12-,13-,15+,16?/m1/s1/i1D3,2D3,9D. The molecule has 0 aliphatic carbocycles. The molecule has 0 radical (unpaired) electrons. The number of aliphatic hydroxyl groups is 3. The van der Waals surface area contributed by atoms with Crippen LogP contribution in [0.1, 0.15) is 36.6 Å². The van der Waals surface area contributed by atoms with Crippen LogP contribution in [0.3, 0.4) is 0 Å². The molecule has 2 rings (SSSR count). The van der Waals surface area contributed by atoms with E-state index in [0.29, 0.717) is 0 Å². The first-order chi connectivity index (χ1) is 12.9. The lowest BCUT2D eigenvalue weighted by Crippen LogP contribution is -2.53. The first kappa shape index (κ1) is 10.00. The van der Waals surface area contributed by atoms with Crippen molar-refractivity contribution >= 4 is 5.97 Å². The summed E-state index contributed by atoms with van der Waals surface area (Å²) in [4.78, 5) is 12.6. The van der Waals surface area contributed by atoms with Gasteiger partial charge in [0, 0.05) is 21.6 Å². The van der Waals surface area contributed by atoms with E-state index in [0.717, 1.165) is 6.92 Å². The summed E-state index contributed by atoms with van der Waals surface area (Å²) in [5.74, 6) is -5.62. The van der Waals surface area contributed by atoms with Gasteiger partial charge in [-0.25, -0.2) is 4.79 Å². The van der Waals surface area contributed by atoms with Crippen LogP contribution < -0.4 is 0 Å². The van der Waals surface area contributed by atoms with Crippen molar-refractivity contribution in [1.29, 1.82) is 0 Å². The van der Waals surface area contributed by atoms with E-state index in [4.69, 9.17) is 14.3 Å². The SMILES string of the molecule is [2H]C([2H])([2H])C([2H])(C([2H])([2H])[2H])[C@@](O)(C(=O)OCC1=CC[N+]2([O-])CC[C@@H](O)[C@@H]12)[C@@H](C)O. The monoisotopic (exact) mass is 322 g/mol. The second-order valence-corrected chi connectivity index (χ2v) is 5.83. The number of aliphatic hydroxyl groups excluding tert-OH is 2. The largest absolute Gasteiger partial charge is 0.632 e. The van der Waals surface area contributed by atoms with Crippen LogP contribution in [0.2, 0.25) is 0 Å². The smallest absolute Gasteiger partial charge is 0.341 e. The van der Waals surface area contributed by atoms with Gasteiger partial charge in [0.05, 0.1) is 19.2 Å². The fourth-order valence-corrected chi connectivity index (χ4v) is 2.99. The zero-order valence-electron chi connectivity index (χ0n) is 19.2. The summed E-state index contributed by atoms with van der Waals surface area (Å²) in [6.07, 6.45) is -1.56. The summed E-state index contributed by atoms with van der Waals surface area (Å²) in [6, 6.07) is -0.895. The maximum atomic E-state index is 12.6. The van der Waals surface area contributed by atoms with E-state index in [-0.39, 0.29) is 25.1 Å². The Morgan fingerprint density at radius 1 is 1.73 bits per heavy atom. The van der Waals surface area contributed by atoms with Gasteiger partial charge in [0.25, 0.3) is 0 Å². The second kappa shape index (κ2) is 5.90. The number of hydroxylamine groups is 3. The Balaban J connectivity index is 2.32. The highest BCUT2D eigenvalue weighted by Gasteiger charge is 2.49. The van der Waals surface area contributed by atoms with Crippen molar-refractivity contribution in [1.82, 2.24) is 0 Å². The summed E-state index contributed by atoms with van der Waals surface area (Å²) >= 11 is 0. The number of esters is 1. The molecule has 0 aromatic heterocycles. The fraction of sp³-hybridized carbons (Fsp3) is 0.800. The molecule has 0 bridgehead atoms. The van der Waals surface area contributed by atoms with E-state index in [1.807, 2.05) is 0 Å². The number of hydrogen-bond donors (Lipinski definition) is 3. The van der Waals surface area contributed by atoms with Crippen molar-refractivity contribution in [3.8, 4) is 0 Å². The second-order valence-electron chi connectivity index (χ2n) is 5.83. The molecule has 22 heavy (non-hydrogen) atoms. The van der Waals surface area contributed by atoms with Crippen LogP contribution in [-0.2, 0) is 9.53 Å². The minimum atomic E-state index is -3.80. The van der Waals surface area contributed by atoms with Crippen molar-refractivity contribution in [2.45, 2.75) is 50.9 Å². The minimum Gasteiger partial charge on any atom is -0.632 e. The van der Waals surface area contributed by atoms with E-state index in [2.05, 4.69) is 0 Å². The molecular formula is C15H25NO6. The third kappa shape index (κ3) is 2.68. The van der Waals surface area contributed by atoms with Crippen molar-refractivity contribution in [3.63, 3.8) is 0 Å². The summed E-state index contributed by atoms with van der Waals surface area (Å²) in [5.41, 5.74) is -3.38. The number of carbonyl (C=O) groups excluding carboxylic acids is 1. The normalized spacial score (nSPS) is 41.3. The Morgan fingerprint density at radius 3 is 3.00 bits per heavy atom. The zero-order chi connectivity index (χ0) is 22.6. The molecule has 3 N–H and O–H groups in total. The summed E-state index contributed by atoms with van der Waals surface area (Å²) in [6.45, 7) is -7.06. The molecule has 2 heterocycles. The quantitative estimate of drug-likeness (QED) is 0.277. The Hall–Kier alpha value is -0.990. The molecular weight excluding hydrogens is 290 g/mol. The number of quaternary nitrogens is 1. The lowest BCUT2D eigenvalue weighted by Gasteiger charge is -2.40. The van der Waals surface area contributed by atoms with Crippen LogP contribution in [0.5, 0.6) is 0 Å². The van der Waals surface area contributed by atoms with Crippen LogP contribution in [0, 0.1) is 11.1 Å². The van der Waals surface area contributed by atoms with Gasteiger partial charge in [-0.1, -0.05) is 13.7 Å². The molecule has 7 heteroatoms. The van der Waals surface area contributed by atoms with Gasteiger partial charge in [0.15, 0.2) is 5.60 Å².